The number of aromatic nitrogens is 2. The van der Waals surface area contributed by atoms with Crippen molar-refractivity contribution in [2.75, 3.05) is 55.6 Å². The summed E-state index contributed by atoms with van der Waals surface area (Å²) in [5, 5.41) is 10.9. The van der Waals surface area contributed by atoms with Gasteiger partial charge in [0.05, 0.1) is 6.54 Å². The normalized spacial score (nSPS) is 25.9. The van der Waals surface area contributed by atoms with Crippen molar-refractivity contribution in [3.8, 4) is 0 Å². The first-order valence-corrected chi connectivity index (χ1v) is 12.5. The van der Waals surface area contributed by atoms with Gasteiger partial charge in [-0.3, -0.25) is 4.79 Å². The molecule has 3 aliphatic heterocycles. The number of piperidine rings is 2. The quantitative estimate of drug-likeness (QED) is 0.749. The molecule has 4 heterocycles. The van der Waals surface area contributed by atoms with E-state index in [4.69, 9.17) is 0 Å². The van der Waals surface area contributed by atoms with Crippen LogP contribution in [0.2, 0.25) is 0 Å². The van der Waals surface area contributed by atoms with Crippen molar-refractivity contribution in [2.45, 2.75) is 69.9 Å². The second kappa shape index (κ2) is 8.76. The first-order valence-electron chi connectivity index (χ1n) is 11.6. The van der Waals surface area contributed by atoms with Crippen molar-refractivity contribution in [2.24, 2.45) is 0 Å². The molecule has 4 fully saturated rings. The molecule has 0 bridgehead atoms. The van der Waals surface area contributed by atoms with Crippen LogP contribution in [0.3, 0.4) is 0 Å². The Labute approximate surface area is 178 Å². The lowest BCUT2D eigenvalue weighted by Crippen LogP contribution is -2.53. The van der Waals surface area contributed by atoms with E-state index in [2.05, 4.69) is 29.8 Å². The van der Waals surface area contributed by atoms with Crippen LogP contribution >= 0.6 is 11.3 Å². The standard InChI is InChI=1S/C21H34N6OS/c28-19-16-26(14-15-27(19)18-6-2-3-7-18)21-23-22-20(29-21)25-12-8-17(9-13-25)24-10-4-1-5-11-24/h17-18H,1-16H2. The first-order chi connectivity index (χ1) is 14.3. The maximum absolute atomic E-state index is 12.7. The van der Waals surface area contributed by atoms with Gasteiger partial charge < -0.3 is 19.6 Å². The maximum atomic E-state index is 12.7. The number of likely N-dealkylation sites (tertiary alicyclic amines) is 1. The molecule has 0 atom stereocenters. The highest BCUT2D eigenvalue weighted by Crippen LogP contribution is 2.32. The van der Waals surface area contributed by atoms with Crippen molar-refractivity contribution in [3.05, 3.63) is 0 Å². The van der Waals surface area contributed by atoms with Crippen LogP contribution in [0.15, 0.2) is 0 Å². The fourth-order valence-electron chi connectivity index (χ4n) is 5.62. The fourth-order valence-corrected chi connectivity index (χ4v) is 6.54. The average molecular weight is 419 g/mol. The van der Waals surface area contributed by atoms with Gasteiger partial charge in [-0.05, 0) is 51.6 Å². The van der Waals surface area contributed by atoms with E-state index < -0.39 is 0 Å². The van der Waals surface area contributed by atoms with Crippen LogP contribution in [0, 0.1) is 0 Å². The molecule has 3 saturated heterocycles. The summed E-state index contributed by atoms with van der Waals surface area (Å²) in [5.41, 5.74) is 0. The number of piperazine rings is 1. The minimum atomic E-state index is 0.266. The third-order valence-electron chi connectivity index (χ3n) is 7.34. The summed E-state index contributed by atoms with van der Waals surface area (Å²) in [7, 11) is 0. The third-order valence-corrected chi connectivity index (χ3v) is 8.38. The largest absolute Gasteiger partial charge is 0.346 e. The monoisotopic (exact) mass is 418 g/mol. The van der Waals surface area contributed by atoms with Gasteiger partial charge in [-0.15, -0.1) is 10.2 Å². The van der Waals surface area contributed by atoms with E-state index in [1.54, 1.807) is 11.3 Å². The molecule has 29 heavy (non-hydrogen) atoms. The van der Waals surface area contributed by atoms with Gasteiger partial charge >= 0.3 is 0 Å². The Morgan fingerprint density at radius 1 is 0.690 bits per heavy atom. The molecule has 0 N–H and O–H groups in total. The molecular weight excluding hydrogens is 384 g/mol. The topological polar surface area (TPSA) is 55.8 Å². The molecule has 1 aromatic rings. The van der Waals surface area contributed by atoms with Crippen LogP contribution in [-0.2, 0) is 4.79 Å². The van der Waals surface area contributed by atoms with Gasteiger partial charge in [0.25, 0.3) is 0 Å². The smallest absolute Gasteiger partial charge is 0.242 e. The SMILES string of the molecule is O=C1CN(c2nnc(N3CCC(N4CCCCC4)CC3)s2)CCN1C1CCCC1. The lowest BCUT2D eigenvalue weighted by molar-refractivity contribution is -0.133. The minimum absolute atomic E-state index is 0.266. The second-order valence-electron chi connectivity index (χ2n) is 9.13. The molecule has 0 unspecified atom stereocenters. The van der Waals surface area contributed by atoms with E-state index in [1.165, 1.54) is 70.9 Å². The predicted molar refractivity (Wildman–Crippen MR) is 117 cm³/mol. The highest BCUT2D eigenvalue weighted by Gasteiger charge is 2.33. The number of hydrogen-bond acceptors (Lipinski definition) is 7. The molecule has 1 saturated carbocycles. The van der Waals surface area contributed by atoms with Crippen molar-refractivity contribution in [1.29, 1.82) is 0 Å². The molecule has 7 nitrogen and oxygen atoms in total. The van der Waals surface area contributed by atoms with Crippen LogP contribution in [0.5, 0.6) is 0 Å². The Morgan fingerprint density at radius 2 is 1.38 bits per heavy atom. The van der Waals surface area contributed by atoms with Crippen molar-refractivity contribution >= 4 is 27.5 Å². The average Bonchev–Trinajstić information content (AvgIpc) is 3.47. The van der Waals surface area contributed by atoms with Crippen LogP contribution < -0.4 is 9.80 Å². The summed E-state index contributed by atoms with van der Waals surface area (Å²) in [5.74, 6) is 0.266. The second-order valence-corrected chi connectivity index (χ2v) is 10.1. The number of carbonyl (C=O) groups is 1. The summed E-state index contributed by atoms with van der Waals surface area (Å²) >= 11 is 1.66. The van der Waals surface area contributed by atoms with Gasteiger partial charge in [-0.2, -0.15) is 0 Å². The third kappa shape index (κ3) is 4.24. The molecule has 0 aromatic carbocycles. The molecular formula is C21H34N6OS. The minimum Gasteiger partial charge on any atom is -0.346 e. The number of carbonyl (C=O) groups excluding carboxylic acids is 1. The van der Waals surface area contributed by atoms with E-state index in [1.807, 2.05) is 0 Å². The molecule has 5 rings (SSSR count). The van der Waals surface area contributed by atoms with Gasteiger partial charge in [-0.25, -0.2) is 0 Å². The molecule has 0 spiro atoms. The number of rotatable bonds is 4. The molecule has 160 valence electrons. The van der Waals surface area contributed by atoms with Gasteiger partial charge in [-0.1, -0.05) is 30.6 Å². The Morgan fingerprint density at radius 3 is 2.07 bits per heavy atom. The van der Waals surface area contributed by atoms with E-state index in [0.29, 0.717) is 12.6 Å². The zero-order chi connectivity index (χ0) is 19.6. The van der Waals surface area contributed by atoms with Gasteiger partial charge in [0.15, 0.2) is 0 Å². The van der Waals surface area contributed by atoms with Crippen molar-refractivity contribution in [3.63, 3.8) is 0 Å². The summed E-state index contributed by atoms with van der Waals surface area (Å²) < 4.78 is 0. The Balaban J connectivity index is 1.15. The maximum Gasteiger partial charge on any atom is 0.242 e. The number of hydrogen-bond donors (Lipinski definition) is 0. The van der Waals surface area contributed by atoms with E-state index >= 15 is 0 Å². The Hall–Kier alpha value is -1.41. The van der Waals surface area contributed by atoms with E-state index in [-0.39, 0.29) is 5.91 Å². The van der Waals surface area contributed by atoms with E-state index in [0.717, 1.165) is 42.5 Å². The summed E-state index contributed by atoms with van der Waals surface area (Å²) in [4.78, 5) is 22.1. The number of amides is 1. The molecule has 8 heteroatoms. The van der Waals surface area contributed by atoms with Crippen molar-refractivity contribution in [1.82, 2.24) is 20.0 Å². The summed E-state index contributed by atoms with van der Waals surface area (Å²) in [6, 6.07) is 1.23. The van der Waals surface area contributed by atoms with Crippen LogP contribution in [0.1, 0.15) is 57.8 Å². The molecule has 1 aromatic heterocycles. The predicted octanol–water partition coefficient (Wildman–Crippen LogP) is 2.58. The zero-order valence-electron chi connectivity index (χ0n) is 17.5. The molecule has 1 aliphatic carbocycles. The summed E-state index contributed by atoms with van der Waals surface area (Å²) in [6.45, 7) is 6.90. The van der Waals surface area contributed by atoms with E-state index in [9.17, 15) is 4.79 Å². The lowest BCUT2D eigenvalue weighted by Gasteiger charge is -2.40. The van der Waals surface area contributed by atoms with Gasteiger partial charge in [0.2, 0.25) is 16.2 Å². The van der Waals surface area contributed by atoms with Gasteiger partial charge in [0.1, 0.15) is 0 Å². The number of anilines is 2. The summed E-state index contributed by atoms with van der Waals surface area (Å²) in [6.07, 6.45) is 11.5. The zero-order valence-corrected chi connectivity index (χ0v) is 18.3. The molecule has 4 aliphatic rings. The molecule has 0 radical (unpaired) electrons. The van der Waals surface area contributed by atoms with Crippen LogP contribution in [0.25, 0.3) is 0 Å². The van der Waals surface area contributed by atoms with Gasteiger partial charge in [0, 0.05) is 38.3 Å². The Bertz CT molecular complexity index is 691. The lowest BCUT2D eigenvalue weighted by atomic mass is 10.0. The first kappa shape index (κ1) is 19.5. The highest BCUT2D eigenvalue weighted by atomic mass is 32.1. The van der Waals surface area contributed by atoms with Crippen LogP contribution in [0.4, 0.5) is 10.3 Å². The Kier molecular flexibility index (Phi) is 5.90. The number of nitrogens with zero attached hydrogens (tertiary/aromatic N) is 6. The van der Waals surface area contributed by atoms with Crippen LogP contribution in [-0.4, -0.2) is 83.8 Å². The van der Waals surface area contributed by atoms with Crippen molar-refractivity contribution < 1.29 is 4.79 Å². The highest BCUT2D eigenvalue weighted by molar-refractivity contribution is 7.19. The fraction of sp³-hybridized carbons (Fsp3) is 0.857. The molecule has 1 amide bonds.